The number of allylic oxidation sites excluding steroid dienone is 2. The normalized spacial score (nSPS) is 20.8. The second kappa shape index (κ2) is 5.17. The van der Waals surface area contributed by atoms with Gasteiger partial charge in [-0.15, -0.1) is 0 Å². The number of aromatic amines is 1. The lowest BCUT2D eigenvalue weighted by Gasteiger charge is -2.31. The van der Waals surface area contributed by atoms with Crippen molar-refractivity contribution in [3.63, 3.8) is 0 Å². The van der Waals surface area contributed by atoms with Gasteiger partial charge < -0.3 is 4.74 Å². The van der Waals surface area contributed by atoms with Gasteiger partial charge in [0, 0.05) is 12.5 Å². The van der Waals surface area contributed by atoms with Crippen molar-refractivity contribution < 1.29 is 4.74 Å². The lowest BCUT2D eigenvalue weighted by atomic mass is 9.91. The Morgan fingerprint density at radius 1 is 1.10 bits per heavy atom. The van der Waals surface area contributed by atoms with E-state index in [0.717, 1.165) is 5.75 Å². The zero-order chi connectivity index (χ0) is 13.8. The first-order valence-corrected chi connectivity index (χ1v) is 6.43. The van der Waals surface area contributed by atoms with Crippen LogP contribution in [0.3, 0.4) is 0 Å². The first kappa shape index (κ1) is 12.4. The monoisotopic (exact) mass is 266 g/mol. The van der Waals surface area contributed by atoms with Crippen LogP contribution in [0.1, 0.15) is 12.1 Å². The molecule has 0 saturated carbocycles. The molecule has 2 aromatic rings. The summed E-state index contributed by atoms with van der Waals surface area (Å²) >= 11 is 0. The highest BCUT2D eigenvalue weighted by molar-refractivity contribution is 5.31. The maximum absolute atomic E-state index is 11.2. The Labute approximate surface area is 116 Å². The Morgan fingerprint density at radius 2 is 1.95 bits per heavy atom. The van der Waals surface area contributed by atoms with Crippen LogP contribution in [-0.2, 0) is 5.60 Å². The van der Waals surface area contributed by atoms with Crippen molar-refractivity contribution in [2.45, 2.75) is 12.0 Å². The number of nitrogens with zero attached hydrogens (tertiary/aromatic N) is 1. The van der Waals surface area contributed by atoms with Gasteiger partial charge in [0.05, 0.1) is 0 Å². The molecule has 3 rings (SSSR count). The molecule has 4 heteroatoms. The van der Waals surface area contributed by atoms with Gasteiger partial charge >= 0.3 is 0 Å². The number of H-pyrrole nitrogens is 1. The molecule has 1 aliphatic rings. The summed E-state index contributed by atoms with van der Waals surface area (Å²) in [6, 6.07) is 12.8. The molecule has 1 unspecified atom stereocenters. The predicted molar refractivity (Wildman–Crippen MR) is 76.5 cm³/mol. The van der Waals surface area contributed by atoms with Gasteiger partial charge in [-0.1, -0.05) is 36.4 Å². The smallest absolute Gasteiger partial charge is 0.264 e. The largest absolute Gasteiger partial charge is 0.476 e. The van der Waals surface area contributed by atoms with Crippen LogP contribution >= 0.6 is 0 Å². The number of hydrogen-bond donors (Lipinski definition) is 1. The molecular weight excluding hydrogens is 252 g/mol. The van der Waals surface area contributed by atoms with Crippen LogP contribution in [0.15, 0.2) is 71.6 Å². The van der Waals surface area contributed by atoms with E-state index in [0.29, 0.717) is 12.1 Å². The van der Waals surface area contributed by atoms with Gasteiger partial charge in [-0.2, -0.15) is 5.10 Å². The summed E-state index contributed by atoms with van der Waals surface area (Å²) in [6.45, 7) is 0. The van der Waals surface area contributed by atoms with E-state index in [4.69, 9.17) is 4.74 Å². The Hall–Kier alpha value is -2.62. The lowest BCUT2D eigenvalue weighted by molar-refractivity contribution is 0.115. The van der Waals surface area contributed by atoms with E-state index in [9.17, 15) is 4.79 Å². The molecular formula is C16H14N2O2. The number of para-hydroxylation sites is 1. The zero-order valence-electron chi connectivity index (χ0n) is 10.8. The molecule has 4 nitrogen and oxygen atoms in total. The van der Waals surface area contributed by atoms with Crippen LogP contribution in [0.2, 0.25) is 0 Å². The first-order valence-electron chi connectivity index (χ1n) is 6.43. The van der Waals surface area contributed by atoms with Gasteiger partial charge in [0.1, 0.15) is 11.4 Å². The van der Waals surface area contributed by atoms with Crippen molar-refractivity contribution in [1.82, 2.24) is 10.2 Å². The molecule has 0 saturated heterocycles. The minimum Gasteiger partial charge on any atom is -0.476 e. The van der Waals surface area contributed by atoms with E-state index < -0.39 is 5.60 Å². The SMILES string of the molecule is O=c1ccc(C2(Oc3ccccc3)C=CC=CC2)n[nH]1. The summed E-state index contributed by atoms with van der Waals surface area (Å²) < 4.78 is 6.15. The summed E-state index contributed by atoms with van der Waals surface area (Å²) in [5.74, 6) is 0.764. The minimum atomic E-state index is -0.680. The van der Waals surface area contributed by atoms with Gasteiger partial charge in [-0.3, -0.25) is 4.79 Å². The lowest BCUT2D eigenvalue weighted by Crippen LogP contribution is -2.33. The third-order valence-electron chi connectivity index (χ3n) is 3.19. The molecule has 0 aliphatic heterocycles. The van der Waals surface area contributed by atoms with E-state index in [1.54, 1.807) is 6.07 Å². The highest BCUT2D eigenvalue weighted by atomic mass is 16.5. The van der Waals surface area contributed by atoms with Crippen molar-refractivity contribution >= 4 is 0 Å². The molecule has 20 heavy (non-hydrogen) atoms. The minimum absolute atomic E-state index is 0.223. The van der Waals surface area contributed by atoms with Crippen LogP contribution in [0.5, 0.6) is 5.75 Å². The molecule has 0 radical (unpaired) electrons. The second-order valence-corrected chi connectivity index (χ2v) is 4.60. The predicted octanol–water partition coefficient (Wildman–Crippen LogP) is 2.56. The van der Waals surface area contributed by atoms with Gasteiger partial charge in [0.2, 0.25) is 0 Å². The van der Waals surface area contributed by atoms with Crippen LogP contribution in [0.4, 0.5) is 0 Å². The number of rotatable bonds is 3. The van der Waals surface area contributed by atoms with Gasteiger partial charge in [0.15, 0.2) is 5.60 Å². The van der Waals surface area contributed by atoms with Crippen molar-refractivity contribution in [1.29, 1.82) is 0 Å². The Morgan fingerprint density at radius 3 is 2.60 bits per heavy atom. The van der Waals surface area contributed by atoms with Crippen molar-refractivity contribution in [2.75, 3.05) is 0 Å². The van der Waals surface area contributed by atoms with E-state index in [1.807, 2.05) is 54.6 Å². The average Bonchev–Trinajstić information content (AvgIpc) is 2.50. The molecule has 1 atom stereocenters. The zero-order valence-corrected chi connectivity index (χ0v) is 10.8. The van der Waals surface area contributed by atoms with Crippen LogP contribution in [0.25, 0.3) is 0 Å². The van der Waals surface area contributed by atoms with E-state index >= 15 is 0 Å². The Balaban J connectivity index is 2.01. The topological polar surface area (TPSA) is 55.0 Å². The molecule has 1 N–H and O–H groups in total. The Bertz CT molecular complexity index is 683. The standard InChI is InChI=1S/C16H14N2O2/c19-15-10-9-14(17-18-15)16(11-5-2-6-12-16)20-13-7-3-1-4-8-13/h1-11H,12H2,(H,18,19). The number of ether oxygens (including phenoxy) is 1. The van der Waals surface area contributed by atoms with E-state index in [-0.39, 0.29) is 5.56 Å². The molecule has 1 aliphatic carbocycles. The van der Waals surface area contributed by atoms with Crippen molar-refractivity contribution in [3.05, 3.63) is 82.8 Å². The number of hydrogen-bond acceptors (Lipinski definition) is 3. The molecule has 1 aromatic heterocycles. The summed E-state index contributed by atoms with van der Waals surface area (Å²) in [5.41, 5.74) is -0.221. The van der Waals surface area contributed by atoms with Gasteiger partial charge in [-0.05, 0) is 24.3 Å². The van der Waals surface area contributed by atoms with Crippen LogP contribution < -0.4 is 10.3 Å². The van der Waals surface area contributed by atoms with E-state index in [2.05, 4.69) is 10.2 Å². The van der Waals surface area contributed by atoms with Gasteiger partial charge in [-0.25, -0.2) is 5.10 Å². The molecule has 0 amide bonds. The molecule has 1 aromatic carbocycles. The number of nitrogens with one attached hydrogen (secondary N) is 1. The van der Waals surface area contributed by atoms with Crippen molar-refractivity contribution in [3.8, 4) is 5.75 Å². The Kier molecular flexibility index (Phi) is 3.21. The maximum Gasteiger partial charge on any atom is 0.264 e. The summed E-state index contributed by atoms with van der Waals surface area (Å²) in [7, 11) is 0. The first-order chi connectivity index (χ1) is 9.78. The number of aromatic nitrogens is 2. The van der Waals surface area contributed by atoms with Crippen molar-refractivity contribution in [2.24, 2.45) is 0 Å². The molecule has 1 heterocycles. The van der Waals surface area contributed by atoms with Gasteiger partial charge in [0.25, 0.3) is 5.56 Å². The van der Waals surface area contributed by atoms with Crippen LogP contribution in [-0.4, -0.2) is 10.2 Å². The fourth-order valence-corrected chi connectivity index (χ4v) is 2.20. The summed E-state index contributed by atoms with van der Waals surface area (Å²) in [5, 5.41) is 6.59. The summed E-state index contributed by atoms with van der Waals surface area (Å²) in [4.78, 5) is 11.2. The third kappa shape index (κ3) is 2.40. The van der Waals surface area contributed by atoms with E-state index in [1.165, 1.54) is 6.07 Å². The quantitative estimate of drug-likeness (QED) is 0.929. The molecule has 0 bridgehead atoms. The number of benzene rings is 1. The fourth-order valence-electron chi connectivity index (χ4n) is 2.20. The molecule has 100 valence electrons. The summed E-state index contributed by atoms with van der Waals surface area (Å²) in [6.07, 6.45) is 8.55. The fraction of sp³-hybridized carbons (Fsp3) is 0.125. The van der Waals surface area contributed by atoms with Crippen LogP contribution in [0, 0.1) is 0 Å². The third-order valence-corrected chi connectivity index (χ3v) is 3.19. The second-order valence-electron chi connectivity index (χ2n) is 4.60. The molecule has 0 fully saturated rings. The molecule has 0 spiro atoms. The maximum atomic E-state index is 11.2. The highest BCUT2D eigenvalue weighted by Crippen LogP contribution is 2.33. The average molecular weight is 266 g/mol. The highest BCUT2D eigenvalue weighted by Gasteiger charge is 2.33.